The number of anilines is 1. The van der Waals surface area contributed by atoms with Gasteiger partial charge in [-0.1, -0.05) is 24.3 Å². The zero-order valence-corrected chi connectivity index (χ0v) is 14.6. The third-order valence-electron chi connectivity index (χ3n) is 4.23. The summed E-state index contributed by atoms with van der Waals surface area (Å²) in [5.74, 6) is 0.355. The maximum absolute atomic E-state index is 12.7. The van der Waals surface area contributed by atoms with E-state index >= 15 is 0 Å². The van der Waals surface area contributed by atoms with Crippen molar-refractivity contribution in [3.63, 3.8) is 0 Å². The molecule has 3 aromatic rings. The number of aromatic nitrogens is 4. The molecule has 0 fully saturated rings. The zero-order valence-electron chi connectivity index (χ0n) is 14.6. The van der Waals surface area contributed by atoms with Crippen molar-refractivity contribution in [2.75, 3.05) is 19.0 Å². The predicted molar refractivity (Wildman–Crippen MR) is 93.6 cm³/mol. The Labute approximate surface area is 147 Å². The van der Waals surface area contributed by atoms with E-state index in [-0.39, 0.29) is 22.7 Å². The van der Waals surface area contributed by atoms with Crippen molar-refractivity contribution in [3.8, 4) is 0 Å². The number of aliphatic hydroxyl groups is 1. The van der Waals surface area contributed by atoms with Gasteiger partial charge >= 0.3 is 0 Å². The summed E-state index contributed by atoms with van der Waals surface area (Å²) in [5, 5.41) is 14.1. The van der Waals surface area contributed by atoms with Crippen molar-refractivity contribution in [2.24, 2.45) is 0 Å². The highest BCUT2D eigenvalue weighted by Crippen LogP contribution is 2.26. The van der Waals surface area contributed by atoms with Crippen LogP contribution in [-0.4, -0.2) is 39.0 Å². The number of hydrogen-bond donors (Lipinski definition) is 2. The molecule has 2 N–H and O–H groups in total. The van der Waals surface area contributed by atoms with E-state index in [0.717, 1.165) is 5.56 Å². The van der Waals surface area contributed by atoms with Crippen LogP contribution in [0.2, 0.25) is 0 Å². The van der Waals surface area contributed by atoms with Crippen molar-refractivity contribution in [2.45, 2.75) is 26.0 Å². The molecule has 0 aliphatic carbocycles. The van der Waals surface area contributed by atoms with E-state index in [1.807, 2.05) is 6.92 Å². The number of benzene rings is 1. The van der Waals surface area contributed by atoms with Gasteiger partial charge in [0.1, 0.15) is 11.1 Å². The molecule has 0 saturated heterocycles. The van der Waals surface area contributed by atoms with Gasteiger partial charge in [-0.15, -0.1) is 0 Å². The number of nitrogens with zero attached hydrogens (tertiary/aromatic N) is 4. The summed E-state index contributed by atoms with van der Waals surface area (Å²) in [6.07, 6.45) is -2.53. The van der Waals surface area contributed by atoms with Crippen LogP contribution in [0.3, 0.4) is 0 Å². The second-order valence-electron chi connectivity index (χ2n) is 6.18. The summed E-state index contributed by atoms with van der Waals surface area (Å²) < 4.78 is 27.0. The van der Waals surface area contributed by atoms with Crippen LogP contribution < -0.4 is 10.5 Å². The van der Waals surface area contributed by atoms with E-state index in [0.29, 0.717) is 11.6 Å². The first-order valence-electron chi connectivity index (χ1n) is 8.01. The lowest BCUT2D eigenvalue weighted by Crippen LogP contribution is -2.20. The van der Waals surface area contributed by atoms with Gasteiger partial charge in [0, 0.05) is 19.7 Å². The maximum Gasteiger partial charge on any atom is 0.263 e. The molecule has 26 heavy (non-hydrogen) atoms. The molecule has 2 aromatic heterocycles. The van der Waals surface area contributed by atoms with Gasteiger partial charge in [-0.25, -0.2) is 13.5 Å². The number of nitrogens with one attached hydrogen (secondary N) is 1. The highest BCUT2D eigenvalue weighted by Gasteiger charge is 2.21. The molecule has 0 spiro atoms. The fourth-order valence-corrected chi connectivity index (χ4v) is 2.76. The van der Waals surface area contributed by atoms with Gasteiger partial charge < -0.3 is 10.0 Å². The van der Waals surface area contributed by atoms with Gasteiger partial charge in [-0.05, 0) is 12.5 Å². The quantitative estimate of drug-likeness (QED) is 0.726. The zero-order chi connectivity index (χ0) is 19.0. The lowest BCUT2D eigenvalue weighted by molar-refractivity contribution is 0.151. The third kappa shape index (κ3) is 3.05. The summed E-state index contributed by atoms with van der Waals surface area (Å²) in [6, 6.07) is 5.55. The van der Waals surface area contributed by atoms with Crippen molar-refractivity contribution in [1.82, 2.24) is 19.7 Å². The van der Waals surface area contributed by atoms with E-state index in [2.05, 4.69) is 15.1 Å². The highest BCUT2D eigenvalue weighted by atomic mass is 19.3. The molecule has 0 saturated carbocycles. The molecule has 2 heterocycles. The molecule has 0 aliphatic heterocycles. The molecule has 7 nitrogen and oxygen atoms in total. The monoisotopic (exact) mass is 363 g/mol. The van der Waals surface area contributed by atoms with Gasteiger partial charge in [-0.3, -0.25) is 9.78 Å². The van der Waals surface area contributed by atoms with Gasteiger partial charge in [0.2, 0.25) is 5.95 Å². The standard InChI is InChI=1S/C17H19F2N5O2/c1-9(10-4-6-11(7-5-10)14(18)19)24-15-13(12(8-25)22-24)16(26)21-17(20-15)23(2)3/h4-7,9,14,25H,8H2,1-3H3,(H,20,21,26)/t9-/m1/s1. The van der Waals surface area contributed by atoms with E-state index in [4.69, 9.17) is 0 Å². The van der Waals surface area contributed by atoms with Gasteiger partial charge in [-0.2, -0.15) is 10.1 Å². The Bertz CT molecular complexity index is 979. The van der Waals surface area contributed by atoms with Crippen LogP contribution in [-0.2, 0) is 6.61 Å². The number of hydrogen-bond acceptors (Lipinski definition) is 5. The lowest BCUT2D eigenvalue weighted by atomic mass is 10.1. The van der Waals surface area contributed by atoms with E-state index in [1.54, 1.807) is 31.1 Å². The van der Waals surface area contributed by atoms with Crippen LogP contribution in [0.5, 0.6) is 0 Å². The normalized spacial score (nSPS) is 12.7. The molecule has 0 radical (unpaired) electrons. The van der Waals surface area contributed by atoms with Crippen LogP contribution >= 0.6 is 0 Å². The average molecular weight is 363 g/mol. The van der Waals surface area contributed by atoms with Crippen molar-refractivity contribution in [3.05, 3.63) is 51.4 Å². The molecule has 1 aromatic carbocycles. The smallest absolute Gasteiger partial charge is 0.263 e. The molecular formula is C17H19F2N5O2. The Kier molecular flexibility index (Phi) is 4.73. The second-order valence-corrected chi connectivity index (χ2v) is 6.18. The minimum absolute atomic E-state index is 0.0632. The van der Waals surface area contributed by atoms with Crippen LogP contribution in [0.4, 0.5) is 14.7 Å². The van der Waals surface area contributed by atoms with Crippen molar-refractivity contribution < 1.29 is 13.9 Å². The third-order valence-corrected chi connectivity index (χ3v) is 4.23. The maximum atomic E-state index is 12.7. The van der Waals surface area contributed by atoms with E-state index in [1.165, 1.54) is 16.8 Å². The number of aliphatic hydroxyl groups excluding tert-OH is 1. The molecule has 0 aliphatic rings. The van der Waals surface area contributed by atoms with Crippen molar-refractivity contribution >= 4 is 17.0 Å². The molecule has 1 atom stereocenters. The van der Waals surface area contributed by atoms with Gasteiger partial charge in [0.05, 0.1) is 12.6 Å². The number of fused-ring (bicyclic) bond motifs is 1. The number of H-pyrrole nitrogens is 1. The van der Waals surface area contributed by atoms with E-state index < -0.39 is 18.6 Å². The molecule has 9 heteroatoms. The topological polar surface area (TPSA) is 87.0 Å². The Morgan fingerprint density at radius 3 is 2.38 bits per heavy atom. The van der Waals surface area contributed by atoms with Crippen LogP contribution in [0.25, 0.3) is 11.0 Å². The van der Waals surface area contributed by atoms with Gasteiger partial charge in [0.15, 0.2) is 5.65 Å². The second kappa shape index (κ2) is 6.83. The highest BCUT2D eigenvalue weighted by molar-refractivity contribution is 5.78. The first-order valence-corrected chi connectivity index (χ1v) is 8.01. The summed E-state index contributed by atoms with van der Waals surface area (Å²) >= 11 is 0. The molecule has 0 amide bonds. The number of rotatable bonds is 5. The molecule has 0 bridgehead atoms. The summed E-state index contributed by atoms with van der Waals surface area (Å²) in [6.45, 7) is 1.41. The lowest BCUT2D eigenvalue weighted by Gasteiger charge is -2.15. The minimum atomic E-state index is -2.53. The minimum Gasteiger partial charge on any atom is -0.390 e. The summed E-state index contributed by atoms with van der Waals surface area (Å²) in [5.41, 5.74) is 0.819. The number of alkyl halides is 2. The fraction of sp³-hybridized carbons (Fsp3) is 0.353. The number of halogens is 2. The Morgan fingerprint density at radius 1 is 1.23 bits per heavy atom. The Hall–Kier alpha value is -2.81. The van der Waals surface area contributed by atoms with Gasteiger partial charge in [0.25, 0.3) is 12.0 Å². The fourth-order valence-electron chi connectivity index (χ4n) is 2.76. The summed E-state index contributed by atoms with van der Waals surface area (Å²) in [4.78, 5) is 21.1. The SMILES string of the molecule is C[C@H](c1ccc(C(F)F)cc1)n1nc(CO)c2c(=O)[nH]c(N(C)C)nc21. The van der Waals surface area contributed by atoms with Crippen molar-refractivity contribution in [1.29, 1.82) is 0 Å². The Morgan fingerprint density at radius 2 is 1.85 bits per heavy atom. The van der Waals surface area contributed by atoms with E-state index in [9.17, 15) is 18.7 Å². The Balaban J connectivity index is 2.15. The first-order chi connectivity index (χ1) is 12.3. The van der Waals surface area contributed by atoms with Crippen LogP contribution in [0, 0.1) is 0 Å². The predicted octanol–water partition coefficient (Wildman–Crippen LogP) is 2.22. The largest absolute Gasteiger partial charge is 0.390 e. The molecular weight excluding hydrogens is 344 g/mol. The molecule has 0 unspecified atom stereocenters. The molecule has 3 rings (SSSR count). The van der Waals surface area contributed by atoms with Crippen LogP contribution in [0.15, 0.2) is 29.1 Å². The van der Waals surface area contributed by atoms with Crippen LogP contribution in [0.1, 0.15) is 36.2 Å². The number of aromatic amines is 1. The summed E-state index contributed by atoms with van der Waals surface area (Å²) in [7, 11) is 3.48. The first kappa shape index (κ1) is 18.0. The molecule has 138 valence electrons. The average Bonchev–Trinajstić information content (AvgIpc) is 3.00.